The van der Waals surface area contributed by atoms with E-state index in [1.165, 1.54) is 38.8 Å². The second-order valence-electron chi connectivity index (χ2n) is 6.86. The van der Waals surface area contributed by atoms with E-state index in [4.69, 9.17) is 4.74 Å². The molecular weight excluding hydrogens is 353 g/mol. The van der Waals surface area contributed by atoms with Gasteiger partial charge in [-0.2, -0.15) is 0 Å². The standard InChI is InChI=1S/C20H22FNO3S/c1-13-6-7-17-15(8-13)10-18(26-17)20(24)25-12-19(23)22(2)11-14-4-3-5-16(21)9-14/h3-5,9-10,13H,6-8,11-12H2,1-2H3/t13-/m0/s1. The molecule has 0 spiro atoms. The summed E-state index contributed by atoms with van der Waals surface area (Å²) in [5, 5.41) is 0. The number of esters is 1. The molecule has 0 unspecified atom stereocenters. The maximum Gasteiger partial charge on any atom is 0.348 e. The van der Waals surface area contributed by atoms with Gasteiger partial charge in [0.05, 0.1) is 0 Å². The van der Waals surface area contributed by atoms with Gasteiger partial charge in [-0.25, -0.2) is 9.18 Å². The van der Waals surface area contributed by atoms with Gasteiger partial charge in [-0.3, -0.25) is 4.79 Å². The molecule has 6 heteroatoms. The summed E-state index contributed by atoms with van der Waals surface area (Å²) in [7, 11) is 1.60. The number of thiophene rings is 1. The number of likely N-dealkylation sites (N-methyl/N-ethyl adjacent to an activating group) is 1. The topological polar surface area (TPSA) is 46.6 Å². The van der Waals surface area contributed by atoms with E-state index in [-0.39, 0.29) is 24.9 Å². The number of aryl methyl sites for hydroxylation is 1. The summed E-state index contributed by atoms with van der Waals surface area (Å²) < 4.78 is 18.4. The molecule has 1 atom stereocenters. The molecule has 0 saturated heterocycles. The van der Waals surface area contributed by atoms with Crippen molar-refractivity contribution < 1.29 is 18.7 Å². The highest BCUT2D eigenvalue weighted by Gasteiger charge is 2.22. The van der Waals surface area contributed by atoms with Crippen molar-refractivity contribution in [2.75, 3.05) is 13.7 Å². The molecule has 2 aromatic rings. The molecule has 138 valence electrons. The Labute approximate surface area is 156 Å². The average molecular weight is 375 g/mol. The van der Waals surface area contributed by atoms with Gasteiger partial charge in [0.2, 0.25) is 0 Å². The van der Waals surface area contributed by atoms with E-state index in [2.05, 4.69) is 6.92 Å². The zero-order chi connectivity index (χ0) is 18.7. The van der Waals surface area contributed by atoms with Crippen molar-refractivity contribution in [1.29, 1.82) is 0 Å². The molecule has 0 fully saturated rings. The Morgan fingerprint density at radius 2 is 2.15 bits per heavy atom. The van der Waals surface area contributed by atoms with E-state index < -0.39 is 5.97 Å². The van der Waals surface area contributed by atoms with Gasteiger partial charge in [0.25, 0.3) is 5.91 Å². The highest BCUT2D eigenvalue weighted by molar-refractivity contribution is 7.14. The molecule has 0 N–H and O–H groups in total. The molecule has 1 amide bonds. The number of carbonyl (C=O) groups excluding carboxylic acids is 2. The van der Waals surface area contributed by atoms with Crippen molar-refractivity contribution in [3.05, 3.63) is 57.0 Å². The number of fused-ring (bicyclic) bond motifs is 1. The van der Waals surface area contributed by atoms with Crippen LogP contribution in [0.15, 0.2) is 30.3 Å². The molecule has 4 nitrogen and oxygen atoms in total. The van der Waals surface area contributed by atoms with E-state index >= 15 is 0 Å². The third-order valence-electron chi connectivity index (χ3n) is 4.59. The lowest BCUT2D eigenvalue weighted by Crippen LogP contribution is -2.30. The third-order valence-corrected chi connectivity index (χ3v) is 5.81. The summed E-state index contributed by atoms with van der Waals surface area (Å²) in [6.07, 6.45) is 3.14. The minimum absolute atomic E-state index is 0.263. The molecule has 1 aliphatic carbocycles. The first-order chi connectivity index (χ1) is 12.4. The Bertz CT molecular complexity index is 817. The summed E-state index contributed by atoms with van der Waals surface area (Å²) in [6, 6.07) is 7.98. The van der Waals surface area contributed by atoms with Crippen LogP contribution in [-0.4, -0.2) is 30.4 Å². The van der Waals surface area contributed by atoms with Crippen LogP contribution in [0.4, 0.5) is 4.39 Å². The van der Waals surface area contributed by atoms with Gasteiger partial charge in [-0.1, -0.05) is 19.1 Å². The summed E-state index contributed by atoms with van der Waals surface area (Å²) in [5.41, 5.74) is 1.92. The maximum absolute atomic E-state index is 13.2. The van der Waals surface area contributed by atoms with Gasteiger partial charge in [0, 0.05) is 18.5 Å². The van der Waals surface area contributed by atoms with E-state index in [0.717, 1.165) is 19.3 Å². The molecule has 26 heavy (non-hydrogen) atoms. The van der Waals surface area contributed by atoms with Crippen molar-refractivity contribution >= 4 is 23.2 Å². The normalized spacial score (nSPS) is 16.0. The van der Waals surface area contributed by atoms with Crippen LogP contribution in [0.3, 0.4) is 0 Å². The van der Waals surface area contributed by atoms with Crippen LogP contribution in [0.2, 0.25) is 0 Å². The first-order valence-electron chi connectivity index (χ1n) is 8.69. The Balaban J connectivity index is 1.53. The molecule has 3 rings (SSSR count). The minimum atomic E-state index is -0.454. The van der Waals surface area contributed by atoms with E-state index in [9.17, 15) is 14.0 Å². The van der Waals surface area contributed by atoms with Crippen molar-refractivity contribution in [2.24, 2.45) is 5.92 Å². The number of nitrogens with zero attached hydrogens (tertiary/aromatic N) is 1. The van der Waals surface area contributed by atoms with Crippen LogP contribution < -0.4 is 0 Å². The number of carbonyl (C=O) groups is 2. The molecule has 0 saturated carbocycles. The fraction of sp³-hybridized carbons (Fsp3) is 0.400. The van der Waals surface area contributed by atoms with Crippen LogP contribution in [0.1, 0.15) is 39.0 Å². The quantitative estimate of drug-likeness (QED) is 0.746. The maximum atomic E-state index is 13.2. The first-order valence-corrected chi connectivity index (χ1v) is 9.51. The van der Waals surface area contributed by atoms with Crippen molar-refractivity contribution in [3.63, 3.8) is 0 Å². The number of hydrogen-bond acceptors (Lipinski definition) is 4. The Morgan fingerprint density at radius 1 is 1.35 bits per heavy atom. The molecule has 0 radical (unpaired) electrons. The first kappa shape index (κ1) is 18.6. The summed E-state index contributed by atoms with van der Waals surface area (Å²) >= 11 is 1.47. The van der Waals surface area contributed by atoms with Crippen LogP contribution in [0.25, 0.3) is 0 Å². The number of halogens is 1. The van der Waals surface area contributed by atoms with Gasteiger partial charge in [-0.05, 0) is 54.5 Å². The SMILES string of the molecule is C[C@H]1CCc2sc(C(=O)OCC(=O)N(C)Cc3cccc(F)c3)cc2C1. The minimum Gasteiger partial charge on any atom is -0.451 e. The molecule has 1 aromatic heterocycles. The number of benzene rings is 1. The third kappa shape index (κ3) is 4.49. The van der Waals surface area contributed by atoms with Crippen LogP contribution >= 0.6 is 11.3 Å². The van der Waals surface area contributed by atoms with Crippen molar-refractivity contribution in [1.82, 2.24) is 4.90 Å². The molecule has 1 aromatic carbocycles. The summed E-state index contributed by atoms with van der Waals surface area (Å²) in [4.78, 5) is 27.6. The lowest BCUT2D eigenvalue weighted by molar-refractivity contribution is -0.133. The molecule has 0 aliphatic heterocycles. The lowest BCUT2D eigenvalue weighted by Gasteiger charge is -2.17. The van der Waals surface area contributed by atoms with Crippen molar-refractivity contribution in [2.45, 2.75) is 32.7 Å². The van der Waals surface area contributed by atoms with Crippen LogP contribution in [-0.2, 0) is 28.9 Å². The van der Waals surface area contributed by atoms with Crippen LogP contribution in [0, 0.1) is 11.7 Å². The van der Waals surface area contributed by atoms with Gasteiger partial charge in [0.15, 0.2) is 6.61 Å². The largest absolute Gasteiger partial charge is 0.451 e. The Hall–Kier alpha value is -2.21. The number of amides is 1. The zero-order valence-electron chi connectivity index (χ0n) is 15.0. The summed E-state index contributed by atoms with van der Waals surface area (Å²) in [5.74, 6) is -0.480. The number of rotatable bonds is 5. The van der Waals surface area contributed by atoms with Gasteiger partial charge < -0.3 is 9.64 Å². The van der Waals surface area contributed by atoms with E-state index in [1.54, 1.807) is 19.2 Å². The predicted molar refractivity (Wildman–Crippen MR) is 98.7 cm³/mol. The van der Waals surface area contributed by atoms with Crippen LogP contribution in [0.5, 0.6) is 0 Å². The molecule has 1 heterocycles. The second-order valence-corrected chi connectivity index (χ2v) is 8.00. The average Bonchev–Trinajstić information content (AvgIpc) is 3.02. The number of ether oxygens (including phenoxy) is 1. The highest BCUT2D eigenvalue weighted by Crippen LogP contribution is 2.32. The monoisotopic (exact) mass is 375 g/mol. The number of hydrogen-bond donors (Lipinski definition) is 0. The fourth-order valence-electron chi connectivity index (χ4n) is 3.11. The predicted octanol–water partition coefficient (Wildman–Crippen LogP) is 3.83. The Morgan fingerprint density at radius 3 is 2.92 bits per heavy atom. The smallest absolute Gasteiger partial charge is 0.348 e. The second kappa shape index (κ2) is 7.99. The van der Waals surface area contributed by atoms with E-state index in [0.29, 0.717) is 16.4 Å². The molecular formula is C20H22FNO3S. The van der Waals surface area contributed by atoms with E-state index in [1.807, 2.05) is 6.07 Å². The van der Waals surface area contributed by atoms with Gasteiger partial charge >= 0.3 is 5.97 Å². The summed E-state index contributed by atoms with van der Waals surface area (Å²) in [6.45, 7) is 2.16. The molecule has 0 bridgehead atoms. The van der Waals surface area contributed by atoms with Gasteiger partial charge in [0.1, 0.15) is 10.7 Å². The Kier molecular flexibility index (Phi) is 5.71. The molecule has 1 aliphatic rings. The zero-order valence-corrected chi connectivity index (χ0v) is 15.8. The highest BCUT2D eigenvalue weighted by atomic mass is 32.1. The fourth-order valence-corrected chi connectivity index (χ4v) is 4.21. The van der Waals surface area contributed by atoms with Crippen molar-refractivity contribution in [3.8, 4) is 0 Å². The lowest BCUT2D eigenvalue weighted by atomic mass is 9.90. The van der Waals surface area contributed by atoms with Gasteiger partial charge in [-0.15, -0.1) is 11.3 Å².